The molecule has 3 unspecified atom stereocenters. The summed E-state index contributed by atoms with van der Waals surface area (Å²) in [7, 11) is 0. The molecule has 2 heterocycles. The first kappa shape index (κ1) is 17.1. The van der Waals surface area contributed by atoms with Crippen molar-refractivity contribution in [2.24, 2.45) is 5.92 Å². The smallest absolute Gasteiger partial charge is 0.237 e. The lowest BCUT2D eigenvalue weighted by Gasteiger charge is -2.44. The van der Waals surface area contributed by atoms with Crippen LogP contribution in [0.25, 0.3) is 0 Å². The van der Waals surface area contributed by atoms with Crippen LogP contribution < -0.4 is 0 Å². The molecule has 1 aromatic rings. The third-order valence-electron chi connectivity index (χ3n) is 6.72. The Morgan fingerprint density at radius 1 is 0.920 bits per heavy atom. The molecule has 1 aromatic carbocycles. The van der Waals surface area contributed by atoms with Crippen LogP contribution in [0, 0.1) is 5.92 Å². The lowest BCUT2D eigenvalue weighted by molar-refractivity contribution is -0.139. The molecule has 1 saturated carbocycles. The SMILES string of the molecule is O=C(CN1CCCC1Cc1ccccc1)N1CCCC2CCCCC21. The van der Waals surface area contributed by atoms with Gasteiger partial charge in [-0.1, -0.05) is 43.2 Å². The summed E-state index contributed by atoms with van der Waals surface area (Å²) in [6, 6.07) is 11.8. The summed E-state index contributed by atoms with van der Waals surface area (Å²) in [4.78, 5) is 17.8. The van der Waals surface area contributed by atoms with Crippen molar-refractivity contribution in [2.45, 2.75) is 69.9 Å². The molecule has 3 heteroatoms. The van der Waals surface area contributed by atoms with E-state index in [0.29, 0.717) is 24.5 Å². The molecular weight excluding hydrogens is 308 g/mol. The number of fused-ring (bicyclic) bond motifs is 1. The van der Waals surface area contributed by atoms with E-state index in [1.807, 2.05) is 0 Å². The number of likely N-dealkylation sites (tertiary alicyclic amines) is 2. The summed E-state index contributed by atoms with van der Waals surface area (Å²) < 4.78 is 0. The van der Waals surface area contributed by atoms with Crippen molar-refractivity contribution >= 4 is 5.91 Å². The van der Waals surface area contributed by atoms with Crippen LogP contribution in [-0.2, 0) is 11.2 Å². The highest BCUT2D eigenvalue weighted by Crippen LogP contribution is 2.35. The second-order valence-electron chi connectivity index (χ2n) is 8.30. The standard InChI is InChI=1S/C22H32N2O/c25-22(24-15-6-11-19-10-4-5-13-21(19)24)17-23-14-7-12-20(23)16-18-8-2-1-3-9-18/h1-3,8-9,19-21H,4-7,10-17H2. The maximum Gasteiger partial charge on any atom is 0.237 e. The Morgan fingerprint density at radius 2 is 1.68 bits per heavy atom. The molecule has 136 valence electrons. The van der Waals surface area contributed by atoms with Gasteiger partial charge >= 0.3 is 0 Å². The van der Waals surface area contributed by atoms with Crippen LogP contribution in [0.15, 0.2) is 30.3 Å². The van der Waals surface area contributed by atoms with E-state index in [0.717, 1.165) is 25.4 Å². The number of benzene rings is 1. The zero-order valence-electron chi connectivity index (χ0n) is 15.4. The van der Waals surface area contributed by atoms with Gasteiger partial charge in [-0.05, 0) is 63.0 Å². The largest absolute Gasteiger partial charge is 0.338 e. The quantitative estimate of drug-likeness (QED) is 0.830. The fourth-order valence-corrected chi connectivity index (χ4v) is 5.42. The number of carbonyl (C=O) groups excluding carboxylic acids is 1. The summed E-state index contributed by atoms with van der Waals surface area (Å²) in [5.74, 6) is 1.18. The summed E-state index contributed by atoms with van der Waals surface area (Å²) in [5, 5.41) is 0. The van der Waals surface area contributed by atoms with E-state index in [4.69, 9.17) is 0 Å². The van der Waals surface area contributed by atoms with Crippen LogP contribution in [0.5, 0.6) is 0 Å². The summed E-state index contributed by atoms with van der Waals surface area (Å²) >= 11 is 0. The van der Waals surface area contributed by atoms with Crippen molar-refractivity contribution in [2.75, 3.05) is 19.6 Å². The van der Waals surface area contributed by atoms with E-state index in [1.165, 1.54) is 56.9 Å². The molecule has 25 heavy (non-hydrogen) atoms. The molecule has 1 amide bonds. The first-order valence-corrected chi connectivity index (χ1v) is 10.4. The minimum Gasteiger partial charge on any atom is -0.338 e. The average Bonchev–Trinajstić information content (AvgIpc) is 3.08. The number of amides is 1. The third-order valence-corrected chi connectivity index (χ3v) is 6.72. The van der Waals surface area contributed by atoms with E-state index in [2.05, 4.69) is 40.1 Å². The highest BCUT2D eigenvalue weighted by molar-refractivity contribution is 5.79. The van der Waals surface area contributed by atoms with Gasteiger partial charge in [-0.15, -0.1) is 0 Å². The topological polar surface area (TPSA) is 23.6 Å². The predicted octanol–water partition coefficient (Wildman–Crippen LogP) is 3.87. The first-order valence-electron chi connectivity index (χ1n) is 10.4. The Balaban J connectivity index is 1.37. The van der Waals surface area contributed by atoms with Gasteiger partial charge in [0.1, 0.15) is 0 Å². The molecule has 1 aliphatic carbocycles. The lowest BCUT2D eigenvalue weighted by atomic mass is 9.78. The first-order chi connectivity index (χ1) is 12.3. The minimum atomic E-state index is 0.400. The van der Waals surface area contributed by atoms with Crippen molar-refractivity contribution in [1.82, 2.24) is 9.80 Å². The van der Waals surface area contributed by atoms with E-state index >= 15 is 0 Å². The highest BCUT2D eigenvalue weighted by Gasteiger charge is 2.37. The third kappa shape index (κ3) is 3.92. The normalized spacial score (nSPS) is 30.2. The van der Waals surface area contributed by atoms with Crippen LogP contribution in [0.3, 0.4) is 0 Å². The Hall–Kier alpha value is -1.35. The number of piperidine rings is 1. The zero-order chi connectivity index (χ0) is 17.1. The van der Waals surface area contributed by atoms with Gasteiger partial charge in [0.2, 0.25) is 5.91 Å². The van der Waals surface area contributed by atoms with E-state index in [-0.39, 0.29) is 0 Å². The van der Waals surface area contributed by atoms with Crippen molar-refractivity contribution in [1.29, 1.82) is 0 Å². The average molecular weight is 341 g/mol. The highest BCUT2D eigenvalue weighted by atomic mass is 16.2. The monoisotopic (exact) mass is 340 g/mol. The van der Waals surface area contributed by atoms with Crippen LogP contribution in [0.1, 0.15) is 56.9 Å². The van der Waals surface area contributed by atoms with Crippen LogP contribution in [0.4, 0.5) is 0 Å². The van der Waals surface area contributed by atoms with Crippen molar-refractivity contribution in [3.8, 4) is 0 Å². The molecule has 0 radical (unpaired) electrons. The zero-order valence-corrected chi connectivity index (χ0v) is 15.4. The number of hydrogen-bond donors (Lipinski definition) is 0. The van der Waals surface area contributed by atoms with Crippen molar-refractivity contribution < 1.29 is 4.79 Å². The Labute approximate surface area is 152 Å². The Kier molecular flexibility index (Phi) is 5.40. The van der Waals surface area contributed by atoms with E-state index in [9.17, 15) is 4.79 Å². The van der Waals surface area contributed by atoms with Gasteiger partial charge in [0.05, 0.1) is 6.54 Å². The number of nitrogens with zero attached hydrogens (tertiary/aromatic N) is 2. The summed E-state index contributed by atoms with van der Waals surface area (Å²) in [5.41, 5.74) is 1.40. The molecule has 3 atom stereocenters. The second kappa shape index (κ2) is 7.90. The molecule has 0 bridgehead atoms. The van der Waals surface area contributed by atoms with E-state index < -0.39 is 0 Å². The van der Waals surface area contributed by atoms with E-state index in [1.54, 1.807) is 0 Å². The van der Waals surface area contributed by atoms with Gasteiger partial charge in [-0.25, -0.2) is 0 Å². The second-order valence-corrected chi connectivity index (χ2v) is 8.30. The number of hydrogen-bond acceptors (Lipinski definition) is 2. The fraction of sp³-hybridized carbons (Fsp3) is 0.682. The van der Waals surface area contributed by atoms with Gasteiger partial charge in [0.25, 0.3) is 0 Å². The molecule has 0 N–H and O–H groups in total. The molecule has 3 nitrogen and oxygen atoms in total. The Morgan fingerprint density at radius 3 is 2.56 bits per heavy atom. The Bertz CT molecular complexity index is 571. The predicted molar refractivity (Wildman–Crippen MR) is 101 cm³/mol. The molecule has 2 aliphatic heterocycles. The molecule has 3 aliphatic rings. The van der Waals surface area contributed by atoms with Gasteiger partial charge in [-0.3, -0.25) is 9.69 Å². The maximum atomic E-state index is 13.1. The van der Waals surface area contributed by atoms with Gasteiger partial charge in [0.15, 0.2) is 0 Å². The molecule has 4 rings (SSSR count). The molecule has 2 saturated heterocycles. The molecular formula is C22H32N2O. The summed E-state index contributed by atoms with van der Waals surface area (Å²) in [6.45, 7) is 2.73. The summed E-state index contributed by atoms with van der Waals surface area (Å²) in [6.07, 6.45) is 11.4. The van der Waals surface area contributed by atoms with Crippen LogP contribution >= 0.6 is 0 Å². The van der Waals surface area contributed by atoms with Crippen LogP contribution in [-0.4, -0.2) is 47.4 Å². The van der Waals surface area contributed by atoms with Gasteiger partial charge in [-0.2, -0.15) is 0 Å². The molecule has 0 aromatic heterocycles. The molecule has 0 spiro atoms. The van der Waals surface area contributed by atoms with Crippen molar-refractivity contribution in [3.63, 3.8) is 0 Å². The minimum absolute atomic E-state index is 0.400. The lowest BCUT2D eigenvalue weighted by Crippen LogP contribution is -2.53. The van der Waals surface area contributed by atoms with Crippen molar-refractivity contribution in [3.05, 3.63) is 35.9 Å². The van der Waals surface area contributed by atoms with Gasteiger partial charge < -0.3 is 4.90 Å². The molecule has 3 fully saturated rings. The maximum absolute atomic E-state index is 13.1. The number of rotatable bonds is 4. The van der Waals surface area contributed by atoms with Crippen LogP contribution in [0.2, 0.25) is 0 Å². The fourth-order valence-electron chi connectivity index (χ4n) is 5.42. The van der Waals surface area contributed by atoms with Gasteiger partial charge in [0, 0.05) is 18.6 Å². The number of carbonyl (C=O) groups is 1.